The molecule has 0 unspecified atom stereocenters. The summed E-state index contributed by atoms with van der Waals surface area (Å²) in [6, 6.07) is 0. The molecule has 8 atom stereocenters. The zero-order chi connectivity index (χ0) is 26.5. The summed E-state index contributed by atoms with van der Waals surface area (Å²) in [5, 5.41) is 11.6. The van der Waals surface area contributed by atoms with Crippen LogP contribution in [-0.2, 0) is 19.1 Å². The van der Waals surface area contributed by atoms with Crippen molar-refractivity contribution in [1.82, 2.24) is 0 Å². The molecule has 4 aliphatic rings. The molecule has 0 aliphatic heterocycles. The lowest BCUT2D eigenvalue weighted by atomic mass is 9.44. The zero-order valence-electron chi connectivity index (χ0n) is 22.3. The van der Waals surface area contributed by atoms with E-state index in [1.165, 1.54) is 23.9 Å². The zero-order valence-corrected chi connectivity index (χ0v) is 23.1. The van der Waals surface area contributed by atoms with Gasteiger partial charge in [0.15, 0.2) is 22.8 Å². The van der Waals surface area contributed by atoms with Gasteiger partial charge in [-0.25, -0.2) is 4.39 Å². The van der Waals surface area contributed by atoms with Crippen molar-refractivity contribution < 1.29 is 28.6 Å². The van der Waals surface area contributed by atoms with Crippen LogP contribution in [0.4, 0.5) is 4.39 Å². The maximum Gasteiger partial charge on any atom is 0.306 e. The number of fused-ring (bicyclic) bond motifs is 5. The number of ether oxygens (including phenoxy) is 1. The molecule has 7 heteroatoms. The first-order chi connectivity index (χ1) is 16.9. The number of hydrogen-bond acceptors (Lipinski definition) is 6. The molecule has 4 rings (SSSR count). The number of alkyl halides is 1. The molecule has 0 spiro atoms. The highest BCUT2D eigenvalue weighted by Gasteiger charge is 2.77. The van der Waals surface area contributed by atoms with Gasteiger partial charge in [-0.2, -0.15) is 11.8 Å². The third-order valence-electron chi connectivity index (χ3n) is 9.91. The van der Waals surface area contributed by atoms with Crippen molar-refractivity contribution >= 4 is 29.3 Å². The first-order valence-electron chi connectivity index (χ1n) is 13.6. The minimum Gasteiger partial charge on any atom is -0.450 e. The lowest BCUT2D eigenvalue weighted by Crippen LogP contribution is -2.70. The second-order valence-corrected chi connectivity index (χ2v) is 12.9. The fourth-order valence-electron chi connectivity index (χ4n) is 8.25. The van der Waals surface area contributed by atoms with Crippen molar-refractivity contribution in [2.75, 3.05) is 11.5 Å². The van der Waals surface area contributed by atoms with Gasteiger partial charge < -0.3 is 9.84 Å². The van der Waals surface area contributed by atoms with Crippen LogP contribution in [0.3, 0.4) is 0 Å². The topological polar surface area (TPSA) is 80.7 Å². The Hall–Kier alpha value is -1.47. The monoisotopic (exact) mass is 520 g/mol. The Kier molecular flexibility index (Phi) is 7.41. The summed E-state index contributed by atoms with van der Waals surface area (Å²) in [5.74, 6) is -0.644. The van der Waals surface area contributed by atoms with Crippen molar-refractivity contribution in [2.45, 2.75) is 96.9 Å². The molecule has 5 nitrogen and oxygen atoms in total. The van der Waals surface area contributed by atoms with E-state index in [-0.39, 0.29) is 42.0 Å². The number of rotatable bonds is 8. The minimum absolute atomic E-state index is 0.0310. The normalized spacial score (nSPS) is 43.3. The third-order valence-corrected chi connectivity index (χ3v) is 11.1. The Morgan fingerprint density at radius 1 is 1.22 bits per heavy atom. The van der Waals surface area contributed by atoms with Crippen molar-refractivity contribution in [1.29, 1.82) is 0 Å². The van der Waals surface area contributed by atoms with E-state index in [2.05, 4.69) is 6.92 Å². The summed E-state index contributed by atoms with van der Waals surface area (Å²) < 4.78 is 23.6. The molecule has 200 valence electrons. The highest BCUT2D eigenvalue weighted by molar-refractivity contribution is 7.99. The number of Topliss-reactive ketones (excluding diaryl/α,β-unsaturated/α-hetero) is 1. The maximum absolute atomic E-state index is 17.4. The van der Waals surface area contributed by atoms with Crippen LogP contribution in [0.25, 0.3) is 0 Å². The van der Waals surface area contributed by atoms with Crippen LogP contribution in [0, 0.1) is 28.6 Å². The summed E-state index contributed by atoms with van der Waals surface area (Å²) in [7, 11) is 0. The van der Waals surface area contributed by atoms with Crippen LogP contribution < -0.4 is 0 Å². The second-order valence-electron chi connectivity index (χ2n) is 11.8. The maximum atomic E-state index is 17.4. The van der Waals surface area contributed by atoms with Gasteiger partial charge in [-0.15, -0.1) is 0 Å². The Balaban J connectivity index is 1.79. The molecule has 0 radical (unpaired) electrons. The Morgan fingerprint density at radius 3 is 2.61 bits per heavy atom. The SMILES string of the molecule is CCCSCC(=O)[C@@]1(OC(=O)CCC)[C@@H](C)C[C@H]2[C@@H]3CCC4=CC(=O)C=C[C@]4(C)[C@@]3(F)[C@@H](O)C[C@@]21C. The molecule has 4 aliphatic carbocycles. The third kappa shape index (κ3) is 3.70. The molecule has 3 saturated carbocycles. The van der Waals surface area contributed by atoms with Gasteiger partial charge in [-0.3, -0.25) is 14.4 Å². The molecular weight excluding hydrogens is 479 g/mol. The first-order valence-corrected chi connectivity index (χ1v) is 14.7. The number of thioether (sulfide) groups is 1. The minimum atomic E-state index is -1.97. The van der Waals surface area contributed by atoms with Gasteiger partial charge in [-0.05, 0) is 69.3 Å². The number of carbonyl (C=O) groups is 3. The predicted octanol–water partition coefficient (Wildman–Crippen LogP) is 5.40. The first kappa shape index (κ1) is 27.6. The predicted molar refractivity (Wildman–Crippen MR) is 139 cm³/mol. The standard InChI is InChI=1S/C29H41FO5S/c1-6-8-25(34)35-29(24(33)17-36-13-7-2)18(3)14-22-21-10-9-19-15-20(31)11-12-26(19,4)28(21,30)23(32)16-27(22,29)5/h11-12,15,18,21-23,32H,6-10,13-14,16-17H2,1-5H3/t18-,21-,22-,23-,26-,27-,28-,29-/m0/s1. The Labute approximate surface area is 218 Å². The van der Waals surface area contributed by atoms with Crippen LogP contribution >= 0.6 is 11.8 Å². The van der Waals surface area contributed by atoms with E-state index < -0.39 is 40.1 Å². The number of carbonyl (C=O) groups excluding carboxylic acids is 3. The van der Waals surface area contributed by atoms with E-state index in [0.29, 0.717) is 25.7 Å². The van der Waals surface area contributed by atoms with Crippen molar-refractivity contribution in [3.8, 4) is 0 Å². The quantitative estimate of drug-likeness (QED) is 0.341. The molecular formula is C29H41FO5S. The van der Waals surface area contributed by atoms with E-state index >= 15 is 4.39 Å². The van der Waals surface area contributed by atoms with Gasteiger partial charge in [-0.1, -0.05) is 39.3 Å². The van der Waals surface area contributed by atoms with E-state index in [1.54, 1.807) is 13.0 Å². The fraction of sp³-hybridized carbons (Fsp3) is 0.759. The number of ketones is 2. The number of hydrogen-bond donors (Lipinski definition) is 1. The molecule has 0 saturated heterocycles. The van der Waals surface area contributed by atoms with Gasteiger partial charge in [0.05, 0.1) is 11.9 Å². The summed E-state index contributed by atoms with van der Waals surface area (Å²) in [4.78, 5) is 39.0. The number of aliphatic hydroxyl groups is 1. The summed E-state index contributed by atoms with van der Waals surface area (Å²) in [5.41, 5.74) is -4.59. The Morgan fingerprint density at radius 2 is 1.94 bits per heavy atom. The van der Waals surface area contributed by atoms with Crippen LogP contribution in [0.15, 0.2) is 23.8 Å². The molecule has 36 heavy (non-hydrogen) atoms. The van der Waals surface area contributed by atoms with E-state index in [9.17, 15) is 19.5 Å². The van der Waals surface area contributed by atoms with Crippen LogP contribution in [-0.4, -0.2) is 51.5 Å². The van der Waals surface area contributed by atoms with Gasteiger partial charge in [0.1, 0.15) is 0 Å². The Bertz CT molecular complexity index is 992. The number of aliphatic hydroxyl groups excluding tert-OH is 1. The van der Waals surface area contributed by atoms with E-state index in [0.717, 1.165) is 17.7 Å². The smallest absolute Gasteiger partial charge is 0.306 e. The number of allylic oxidation sites excluding steroid dienone is 4. The van der Waals surface area contributed by atoms with Gasteiger partial charge in [0, 0.05) is 29.1 Å². The van der Waals surface area contributed by atoms with Crippen molar-refractivity contribution in [3.05, 3.63) is 23.8 Å². The molecule has 0 heterocycles. The highest BCUT2D eigenvalue weighted by atomic mass is 32.2. The lowest BCUT2D eigenvalue weighted by molar-refractivity contribution is -0.227. The number of esters is 1. The molecule has 0 aromatic carbocycles. The largest absolute Gasteiger partial charge is 0.450 e. The summed E-state index contributed by atoms with van der Waals surface area (Å²) in [6.45, 7) is 9.64. The second kappa shape index (κ2) is 9.68. The van der Waals surface area contributed by atoms with E-state index in [1.807, 2.05) is 20.8 Å². The van der Waals surface area contributed by atoms with Gasteiger partial charge in [0.2, 0.25) is 0 Å². The fourth-order valence-corrected chi connectivity index (χ4v) is 9.08. The van der Waals surface area contributed by atoms with Crippen LogP contribution in [0.2, 0.25) is 0 Å². The molecule has 0 bridgehead atoms. The van der Waals surface area contributed by atoms with Crippen LogP contribution in [0.5, 0.6) is 0 Å². The van der Waals surface area contributed by atoms with Crippen LogP contribution in [0.1, 0.15) is 79.6 Å². The summed E-state index contributed by atoms with van der Waals surface area (Å²) >= 11 is 1.54. The molecule has 3 fully saturated rings. The molecule has 1 N–H and O–H groups in total. The average Bonchev–Trinajstić information content (AvgIpc) is 3.03. The van der Waals surface area contributed by atoms with Crippen molar-refractivity contribution in [2.24, 2.45) is 28.6 Å². The summed E-state index contributed by atoms with van der Waals surface area (Å²) in [6.07, 6.45) is 6.63. The highest BCUT2D eigenvalue weighted by Crippen LogP contribution is 2.71. The van der Waals surface area contributed by atoms with E-state index in [4.69, 9.17) is 4.74 Å². The molecule has 0 amide bonds. The molecule has 0 aromatic heterocycles. The average molecular weight is 521 g/mol. The van der Waals surface area contributed by atoms with Gasteiger partial charge in [0.25, 0.3) is 0 Å². The van der Waals surface area contributed by atoms with Crippen molar-refractivity contribution in [3.63, 3.8) is 0 Å². The number of halogens is 1. The lowest BCUT2D eigenvalue weighted by Gasteiger charge is -2.62. The van der Waals surface area contributed by atoms with Gasteiger partial charge >= 0.3 is 5.97 Å². The molecule has 0 aromatic rings.